The first-order valence-corrected chi connectivity index (χ1v) is 18.5. The van der Waals surface area contributed by atoms with Gasteiger partial charge in [-0.25, -0.2) is 9.97 Å². The molecule has 3 aliphatic heterocycles. The van der Waals surface area contributed by atoms with E-state index in [4.69, 9.17) is 28.2 Å². The summed E-state index contributed by atoms with van der Waals surface area (Å²) in [4.78, 5) is 42.4. The molecule has 2 atom stereocenters. The molecule has 3 aromatic heterocycles. The Morgan fingerprint density at radius 1 is 0.956 bits per heavy atom. The van der Waals surface area contributed by atoms with E-state index in [2.05, 4.69) is 20.1 Å². The number of anilines is 3. The third kappa shape index (κ3) is 6.56. The van der Waals surface area contributed by atoms with E-state index in [0.717, 1.165) is 28.7 Å². The fourth-order valence-electron chi connectivity index (χ4n) is 7.68. The third-order valence-corrected chi connectivity index (χ3v) is 12.6. The number of thiophene rings is 1. The van der Waals surface area contributed by atoms with Gasteiger partial charge in [-0.15, -0.1) is 11.3 Å². The highest BCUT2D eigenvalue weighted by Gasteiger charge is 2.44. The standard InChI is InChI=1S/C32H38Cl2N6O3S2/c33-22-14-26(44-18-22)27-30(39-16-20-9-12-40(25(20)17-39)23-5-3-1-2-4-6-23)45-32(36-27)37-29(41)21-13-24(34)28(35-15-21)38-10-7-19(8-11-38)31(42)43/h13-15,18-20,23,25H,1-12,16-17H2,(H,42,43)(H,36,37,41). The highest BCUT2D eigenvalue weighted by atomic mass is 35.5. The van der Waals surface area contributed by atoms with E-state index in [0.29, 0.717) is 70.5 Å². The summed E-state index contributed by atoms with van der Waals surface area (Å²) >= 11 is 16.0. The maximum Gasteiger partial charge on any atom is 0.306 e. The SMILES string of the molecule is O=C(Nc1nc(-c2cc(Cl)cs2)c(N2CC3CCN(C4CCCCCC4)C3C2)s1)c1cnc(N2CCC(C(=O)O)CC2)c(Cl)c1. The number of nitrogens with zero attached hydrogens (tertiary/aromatic N) is 5. The number of aromatic nitrogens is 2. The van der Waals surface area contributed by atoms with Gasteiger partial charge in [0.15, 0.2) is 5.13 Å². The smallest absolute Gasteiger partial charge is 0.306 e. The minimum absolute atomic E-state index is 0.325. The van der Waals surface area contributed by atoms with Crippen LogP contribution in [0.3, 0.4) is 0 Å². The second kappa shape index (κ2) is 13.4. The number of halogens is 2. The minimum Gasteiger partial charge on any atom is -0.481 e. The molecule has 1 saturated carbocycles. The molecule has 13 heteroatoms. The molecule has 0 spiro atoms. The summed E-state index contributed by atoms with van der Waals surface area (Å²) in [7, 11) is 0. The van der Waals surface area contributed by atoms with Crippen LogP contribution in [0.2, 0.25) is 10.0 Å². The molecule has 2 N–H and O–H groups in total. The van der Waals surface area contributed by atoms with Gasteiger partial charge in [0.1, 0.15) is 16.5 Å². The summed E-state index contributed by atoms with van der Waals surface area (Å²) in [5, 5.41) is 16.9. The van der Waals surface area contributed by atoms with Crippen LogP contribution in [-0.4, -0.2) is 76.7 Å². The van der Waals surface area contributed by atoms with Crippen LogP contribution in [-0.2, 0) is 4.79 Å². The lowest BCUT2D eigenvalue weighted by atomic mass is 9.97. The van der Waals surface area contributed by atoms with Crippen molar-refractivity contribution in [2.24, 2.45) is 11.8 Å². The predicted molar refractivity (Wildman–Crippen MR) is 183 cm³/mol. The molecule has 6 heterocycles. The summed E-state index contributed by atoms with van der Waals surface area (Å²) < 4.78 is 0. The van der Waals surface area contributed by atoms with Crippen molar-refractivity contribution >= 4 is 73.7 Å². The van der Waals surface area contributed by atoms with Crippen molar-refractivity contribution in [1.82, 2.24) is 14.9 Å². The number of amides is 1. The van der Waals surface area contributed by atoms with Gasteiger partial charge < -0.3 is 14.9 Å². The number of likely N-dealkylation sites (tertiary alicyclic amines) is 1. The van der Waals surface area contributed by atoms with Crippen LogP contribution in [0.4, 0.5) is 16.0 Å². The Kier molecular flexibility index (Phi) is 9.25. The number of rotatable bonds is 7. The van der Waals surface area contributed by atoms with Gasteiger partial charge in [-0.3, -0.25) is 19.8 Å². The van der Waals surface area contributed by atoms with Crippen molar-refractivity contribution < 1.29 is 14.7 Å². The van der Waals surface area contributed by atoms with Crippen LogP contribution in [0.15, 0.2) is 23.7 Å². The summed E-state index contributed by atoms with van der Waals surface area (Å²) in [6, 6.07) is 4.85. The molecule has 0 bridgehead atoms. The Bertz CT molecular complexity index is 1550. The molecule has 1 amide bonds. The van der Waals surface area contributed by atoms with Crippen LogP contribution >= 0.6 is 45.9 Å². The number of aliphatic carboxylic acids is 1. The quantitative estimate of drug-likeness (QED) is 0.248. The topological polar surface area (TPSA) is 102 Å². The first kappa shape index (κ1) is 31.2. The first-order valence-electron chi connectivity index (χ1n) is 16.0. The Morgan fingerprint density at radius 2 is 1.73 bits per heavy atom. The summed E-state index contributed by atoms with van der Waals surface area (Å²) in [5.74, 6) is -0.211. The number of hydrogen-bond donors (Lipinski definition) is 2. The number of piperidine rings is 1. The van der Waals surface area contributed by atoms with Crippen molar-refractivity contribution in [3.63, 3.8) is 0 Å². The normalized spacial score (nSPS) is 23.3. The second-order valence-corrected chi connectivity index (χ2v) is 15.5. The van der Waals surface area contributed by atoms with Crippen molar-refractivity contribution in [1.29, 1.82) is 0 Å². The fraction of sp³-hybridized carbons (Fsp3) is 0.562. The van der Waals surface area contributed by atoms with Gasteiger partial charge in [0.25, 0.3) is 5.91 Å². The van der Waals surface area contributed by atoms with E-state index in [1.807, 2.05) is 16.3 Å². The number of carbonyl (C=O) groups excluding carboxylic acids is 1. The van der Waals surface area contributed by atoms with E-state index in [-0.39, 0.29) is 11.8 Å². The molecule has 240 valence electrons. The monoisotopic (exact) mass is 688 g/mol. The Hall–Kier alpha value is -2.44. The van der Waals surface area contributed by atoms with Gasteiger partial charge in [0, 0.05) is 49.8 Å². The van der Waals surface area contributed by atoms with Crippen molar-refractivity contribution in [2.45, 2.75) is 69.9 Å². The largest absolute Gasteiger partial charge is 0.481 e. The molecule has 1 aliphatic carbocycles. The molecule has 3 saturated heterocycles. The maximum absolute atomic E-state index is 13.4. The highest BCUT2D eigenvalue weighted by molar-refractivity contribution is 7.21. The Balaban J connectivity index is 1.08. The number of hydrogen-bond acceptors (Lipinski definition) is 9. The summed E-state index contributed by atoms with van der Waals surface area (Å²) in [6.07, 6.45) is 11.9. The maximum atomic E-state index is 13.4. The molecule has 4 aliphatic rings. The molecular formula is C32H38Cl2N6O3S2. The average Bonchev–Trinajstić information content (AvgIpc) is 3.79. The van der Waals surface area contributed by atoms with E-state index in [1.54, 1.807) is 17.4 Å². The number of nitrogens with one attached hydrogen (secondary N) is 1. The van der Waals surface area contributed by atoms with Crippen molar-refractivity contribution in [2.75, 3.05) is 47.8 Å². The highest BCUT2D eigenvalue weighted by Crippen LogP contribution is 2.46. The lowest BCUT2D eigenvalue weighted by Crippen LogP contribution is -2.42. The average molecular weight is 690 g/mol. The lowest BCUT2D eigenvalue weighted by Gasteiger charge is -2.32. The van der Waals surface area contributed by atoms with Gasteiger partial charge in [-0.1, -0.05) is 60.2 Å². The predicted octanol–water partition coefficient (Wildman–Crippen LogP) is 7.36. The van der Waals surface area contributed by atoms with E-state index in [1.165, 1.54) is 69.0 Å². The number of thiazole rings is 1. The molecule has 3 aromatic rings. The molecule has 2 unspecified atom stereocenters. The zero-order valence-corrected chi connectivity index (χ0v) is 28.2. The van der Waals surface area contributed by atoms with E-state index >= 15 is 0 Å². The molecule has 45 heavy (non-hydrogen) atoms. The second-order valence-electron chi connectivity index (χ2n) is 12.8. The Labute approximate surface area is 281 Å². The van der Waals surface area contributed by atoms with Crippen molar-refractivity contribution in [3.05, 3.63) is 39.3 Å². The number of fused-ring (bicyclic) bond motifs is 1. The van der Waals surface area contributed by atoms with Gasteiger partial charge in [0.05, 0.1) is 26.4 Å². The number of carboxylic acid groups (broad SMARTS) is 1. The first-order chi connectivity index (χ1) is 21.8. The number of carbonyl (C=O) groups is 2. The van der Waals surface area contributed by atoms with Gasteiger partial charge >= 0.3 is 5.97 Å². The van der Waals surface area contributed by atoms with Crippen LogP contribution in [0.1, 0.15) is 68.1 Å². The van der Waals surface area contributed by atoms with Gasteiger partial charge in [-0.2, -0.15) is 0 Å². The molecule has 7 rings (SSSR count). The molecule has 0 aromatic carbocycles. The molecule has 0 radical (unpaired) electrons. The number of pyridine rings is 1. The number of carboxylic acids is 1. The van der Waals surface area contributed by atoms with Crippen LogP contribution < -0.4 is 15.1 Å². The minimum atomic E-state index is -0.763. The van der Waals surface area contributed by atoms with E-state index in [9.17, 15) is 14.7 Å². The van der Waals surface area contributed by atoms with Crippen LogP contribution in [0.5, 0.6) is 0 Å². The Morgan fingerprint density at radius 3 is 2.42 bits per heavy atom. The van der Waals surface area contributed by atoms with Gasteiger partial charge in [0.2, 0.25) is 0 Å². The van der Waals surface area contributed by atoms with Crippen LogP contribution in [0.25, 0.3) is 10.6 Å². The lowest BCUT2D eigenvalue weighted by molar-refractivity contribution is -0.142. The molecular weight excluding hydrogens is 651 g/mol. The zero-order valence-electron chi connectivity index (χ0n) is 25.1. The zero-order chi connectivity index (χ0) is 31.1. The fourth-order valence-corrected chi connectivity index (χ4v) is 10.1. The van der Waals surface area contributed by atoms with E-state index < -0.39 is 5.97 Å². The molecule has 4 fully saturated rings. The van der Waals surface area contributed by atoms with Crippen molar-refractivity contribution in [3.8, 4) is 10.6 Å². The van der Waals surface area contributed by atoms with Crippen LogP contribution in [0, 0.1) is 11.8 Å². The van der Waals surface area contributed by atoms with Gasteiger partial charge in [-0.05, 0) is 56.7 Å². The summed E-state index contributed by atoms with van der Waals surface area (Å²) in [5.41, 5.74) is 1.21. The molecule has 9 nitrogen and oxygen atoms in total. The summed E-state index contributed by atoms with van der Waals surface area (Å²) in [6.45, 7) is 4.31. The third-order valence-electron chi connectivity index (χ3n) is 10.0.